The number of pyridine rings is 1. The van der Waals surface area contributed by atoms with Gasteiger partial charge in [0.2, 0.25) is 5.78 Å². The summed E-state index contributed by atoms with van der Waals surface area (Å²) in [5.41, 5.74) is 6.10. The van der Waals surface area contributed by atoms with E-state index in [2.05, 4.69) is 15.3 Å². The predicted molar refractivity (Wildman–Crippen MR) is 95.9 cm³/mol. The Hall–Kier alpha value is -3.75. The third-order valence-electron chi connectivity index (χ3n) is 4.10. The van der Waals surface area contributed by atoms with Crippen LogP contribution in [0.3, 0.4) is 0 Å². The molecule has 3 rings (SSSR count). The summed E-state index contributed by atoms with van der Waals surface area (Å²) in [4.78, 5) is 44.5. The van der Waals surface area contributed by atoms with Crippen LogP contribution in [0.4, 0.5) is 0 Å². The van der Waals surface area contributed by atoms with Crippen molar-refractivity contribution < 1.29 is 14.4 Å². The largest absolute Gasteiger partial charge is 0.363 e. The van der Waals surface area contributed by atoms with Crippen LogP contribution in [-0.2, 0) is 23.1 Å². The van der Waals surface area contributed by atoms with E-state index in [0.29, 0.717) is 5.82 Å². The van der Waals surface area contributed by atoms with Crippen LogP contribution in [0.25, 0.3) is 5.82 Å². The van der Waals surface area contributed by atoms with Gasteiger partial charge in [0.15, 0.2) is 0 Å². The number of ketones is 1. The minimum atomic E-state index is -1.10. The number of hydrogen-bond acceptors (Lipinski definition) is 5. The molecule has 0 saturated carbocycles. The molecule has 0 aliphatic rings. The van der Waals surface area contributed by atoms with Crippen molar-refractivity contribution in [2.45, 2.75) is 12.5 Å². The number of primary amides is 1. The summed E-state index contributed by atoms with van der Waals surface area (Å²) in [7, 11) is 1.80. The first-order chi connectivity index (χ1) is 13.0. The maximum atomic E-state index is 12.7. The van der Waals surface area contributed by atoms with Crippen molar-refractivity contribution in [3.8, 4) is 5.82 Å². The molecule has 3 aromatic heterocycles. The average molecular weight is 366 g/mol. The Morgan fingerprint density at radius 2 is 2.04 bits per heavy atom. The highest BCUT2D eigenvalue weighted by Crippen LogP contribution is 2.10. The Balaban J connectivity index is 1.85. The molecule has 3 aromatic rings. The molecule has 3 heterocycles. The second kappa shape index (κ2) is 7.65. The zero-order valence-electron chi connectivity index (χ0n) is 14.6. The van der Waals surface area contributed by atoms with E-state index in [1.165, 1.54) is 17.1 Å². The molecule has 0 spiro atoms. The summed E-state index contributed by atoms with van der Waals surface area (Å²) >= 11 is 0. The lowest BCUT2D eigenvalue weighted by molar-refractivity contribution is -0.137. The van der Waals surface area contributed by atoms with Crippen LogP contribution in [0.2, 0.25) is 0 Å². The number of nitrogens with zero attached hydrogens (tertiary/aromatic N) is 4. The van der Waals surface area contributed by atoms with Crippen LogP contribution in [0.15, 0.2) is 55.2 Å². The fourth-order valence-corrected chi connectivity index (χ4v) is 2.67. The molecule has 0 aliphatic heterocycles. The molecule has 9 nitrogen and oxygen atoms in total. The van der Waals surface area contributed by atoms with Gasteiger partial charge in [-0.25, -0.2) is 9.97 Å². The highest BCUT2D eigenvalue weighted by molar-refractivity contribution is 6.38. The SMILES string of the molecule is Cn1cccc1CC(NC(=O)c1cncn1-c1ccccn1)C(=O)C(N)=O. The summed E-state index contributed by atoms with van der Waals surface area (Å²) in [6.45, 7) is 0. The highest BCUT2D eigenvalue weighted by atomic mass is 16.2. The lowest BCUT2D eigenvalue weighted by Gasteiger charge is -2.17. The minimum Gasteiger partial charge on any atom is -0.363 e. The maximum absolute atomic E-state index is 12.7. The number of imidazole rings is 1. The Morgan fingerprint density at radius 1 is 1.22 bits per heavy atom. The van der Waals surface area contributed by atoms with E-state index in [9.17, 15) is 14.4 Å². The molecule has 138 valence electrons. The molecule has 0 saturated heterocycles. The van der Waals surface area contributed by atoms with Gasteiger partial charge in [-0.05, 0) is 24.3 Å². The molecule has 0 radical (unpaired) electrons. The van der Waals surface area contributed by atoms with Gasteiger partial charge in [0, 0.05) is 31.6 Å². The molecule has 3 N–H and O–H groups in total. The van der Waals surface area contributed by atoms with Crippen molar-refractivity contribution in [1.82, 2.24) is 24.4 Å². The molecule has 2 amide bonds. The molecular weight excluding hydrogens is 348 g/mol. The van der Waals surface area contributed by atoms with Crippen molar-refractivity contribution >= 4 is 17.6 Å². The highest BCUT2D eigenvalue weighted by Gasteiger charge is 2.27. The molecular formula is C18H18N6O3. The number of aromatic nitrogens is 4. The first-order valence-corrected chi connectivity index (χ1v) is 8.16. The molecule has 0 aromatic carbocycles. The number of rotatable bonds is 7. The van der Waals surface area contributed by atoms with Crippen LogP contribution in [0, 0.1) is 0 Å². The lowest BCUT2D eigenvalue weighted by Crippen LogP contribution is -2.47. The van der Waals surface area contributed by atoms with Gasteiger partial charge < -0.3 is 15.6 Å². The second-order valence-corrected chi connectivity index (χ2v) is 5.91. The molecule has 9 heteroatoms. The van der Waals surface area contributed by atoms with Crippen molar-refractivity contribution in [3.05, 3.63) is 66.6 Å². The summed E-state index contributed by atoms with van der Waals surface area (Å²) in [6, 6.07) is 7.76. The van der Waals surface area contributed by atoms with Gasteiger partial charge in [0.1, 0.15) is 23.9 Å². The van der Waals surface area contributed by atoms with E-state index in [4.69, 9.17) is 5.73 Å². The predicted octanol–water partition coefficient (Wildman–Crippen LogP) is 0.00130. The number of aryl methyl sites for hydroxylation is 1. The molecule has 0 bridgehead atoms. The lowest BCUT2D eigenvalue weighted by atomic mass is 10.1. The zero-order chi connectivity index (χ0) is 19.4. The molecule has 0 aliphatic carbocycles. The fourth-order valence-electron chi connectivity index (χ4n) is 2.67. The monoisotopic (exact) mass is 366 g/mol. The van der Waals surface area contributed by atoms with Gasteiger partial charge in [0.25, 0.3) is 11.8 Å². The Morgan fingerprint density at radius 3 is 2.67 bits per heavy atom. The van der Waals surface area contributed by atoms with E-state index in [1.54, 1.807) is 54.3 Å². The first-order valence-electron chi connectivity index (χ1n) is 8.16. The van der Waals surface area contributed by atoms with Crippen LogP contribution in [0.5, 0.6) is 0 Å². The quantitative estimate of drug-likeness (QED) is 0.570. The van der Waals surface area contributed by atoms with Gasteiger partial charge in [-0.3, -0.25) is 19.0 Å². The van der Waals surface area contributed by atoms with Gasteiger partial charge in [-0.2, -0.15) is 0 Å². The Labute approximate surface area is 154 Å². The molecule has 1 atom stereocenters. The Bertz CT molecular complexity index is 976. The van der Waals surface area contributed by atoms with E-state index in [-0.39, 0.29) is 12.1 Å². The molecule has 0 fully saturated rings. The zero-order valence-corrected chi connectivity index (χ0v) is 14.6. The number of Topliss-reactive ketones (excluding diaryl/α,β-unsaturated/α-hetero) is 1. The van der Waals surface area contributed by atoms with Crippen LogP contribution < -0.4 is 11.1 Å². The van der Waals surface area contributed by atoms with Crippen molar-refractivity contribution in [2.75, 3.05) is 0 Å². The Kier molecular flexibility index (Phi) is 5.11. The minimum absolute atomic E-state index is 0.134. The van der Waals surface area contributed by atoms with E-state index in [1.807, 2.05) is 0 Å². The van der Waals surface area contributed by atoms with Crippen LogP contribution in [-0.4, -0.2) is 42.7 Å². The third kappa shape index (κ3) is 3.92. The standard InChI is InChI=1S/C18H18N6O3/c1-23-8-4-5-12(23)9-13(16(25)17(19)26)22-18(27)14-10-20-11-24(14)15-6-2-3-7-21-15/h2-8,10-11,13H,9H2,1H3,(H2,19,26)(H,22,27). The number of nitrogens with two attached hydrogens (primary N) is 1. The van der Waals surface area contributed by atoms with Crippen molar-refractivity contribution in [1.29, 1.82) is 0 Å². The van der Waals surface area contributed by atoms with Gasteiger partial charge in [-0.15, -0.1) is 0 Å². The average Bonchev–Trinajstić information content (AvgIpc) is 3.30. The molecule has 27 heavy (non-hydrogen) atoms. The van der Waals surface area contributed by atoms with Crippen molar-refractivity contribution in [2.24, 2.45) is 12.8 Å². The number of carbonyl (C=O) groups excluding carboxylic acids is 3. The first kappa shape index (κ1) is 18.1. The number of carbonyl (C=O) groups is 3. The van der Waals surface area contributed by atoms with E-state index < -0.39 is 23.6 Å². The van der Waals surface area contributed by atoms with Gasteiger partial charge in [0.05, 0.1) is 6.20 Å². The second-order valence-electron chi connectivity index (χ2n) is 5.91. The topological polar surface area (TPSA) is 125 Å². The maximum Gasteiger partial charge on any atom is 0.287 e. The summed E-state index contributed by atoms with van der Waals surface area (Å²) in [5, 5.41) is 2.58. The number of hydrogen-bond donors (Lipinski definition) is 2. The summed E-state index contributed by atoms with van der Waals surface area (Å²) in [6.07, 6.45) is 6.33. The smallest absolute Gasteiger partial charge is 0.287 e. The van der Waals surface area contributed by atoms with E-state index >= 15 is 0 Å². The summed E-state index contributed by atoms with van der Waals surface area (Å²) in [5.74, 6) is -2.03. The van der Waals surface area contributed by atoms with Crippen LogP contribution in [0.1, 0.15) is 16.2 Å². The summed E-state index contributed by atoms with van der Waals surface area (Å²) < 4.78 is 3.29. The fraction of sp³-hybridized carbons (Fsp3) is 0.167. The van der Waals surface area contributed by atoms with E-state index in [0.717, 1.165) is 5.69 Å². The van der Waals surface area contributed by atoms with Crippen LogP contribution >= 0.6 is 0 Å². The van der Waals surface area contributed by atoms with Gasteiger partial charge in [-0.1, -0.05) is 6.07 Å². The van der Waals surface area contributed by atoms with Gasteiger partial charge >= 0.3 is 0 Å². The number of amides is 2. The number of nitrogens with one attached hydrogen (secondary N) is 1. The normalized spacial score (nSPS) is 11.7. The van der Waals surface area contributed by atoms with Crippen molar-refractivity contribution in [3.63, 3.8) is 0 Å². The molecule has 1 unspecified atom stereocenters. The third-order valence-corrected chi connectivity index (χ3v) is 4.10.